The first kappa shape index (κ1) is 22.8. The number of aliphatic hydroxyl groups excluding tert-OH is 1. The van der Waals surface area contributed by atoms with Gasteiger partial charge in [0.05, 0.1) is 26.5 Å². The van der Waals surface area contributed by atoms with Crippen LogP contribution in [0.25, 0.3) is 0 Å². The lowest BCUT2D eigenvalue weighted by Crippen LogP contribution is -3.00. The van der Waals surface area contributed by atoms with Crippen LogP contribution >= 0.6 is 11.6 Å². The summed E-state index contributed by atoms with van der Waals surface area (Å²) in [5, 5.41) is 9.59. The summed E-state index contributed by atoms with van der Waals surface area (Å²) in [6.07, 6.45) is 11.9. The van der Waals surface area contributed by atoms with Crippen molar-refractivity contribution in [2.24, 2.45) is 0 Å². The van der Waals surface area contributed by atoms with E-state index in [9.17, 15) is 5.11 Å². The number of alkyl halides is 1. The molecular formula is C16H35Cl2NO. The van der Waals surface area contributed by atoms with Gasteiger partial charge in [-0.2, -0.15) is 0 Å². The normalized spacial score (nSPS) is 13.1. The SMILES string of the molecule is CCCCCCCCCCC[N+](C)(C)CC(O)CCl.[Cl-]. The van der Waals surface area contributed by atoms with E-state index in [2.05, 4.69) is 21.0 Å². The van der Waals surface area contributed by atoms with Crippen LogP contribution in [0.1, 0.15) is 64.7 Å². The Kier molecular flexibility index (Phi) is 16.4. The van der Waals surface area contributed by atoms with E-state index in [1.165, 1.54) is 57.8 Å². The van der Waals surface area contributed by atoms with Crippen molar-refractivity contribution in [2.45, 2.75) is 70.8 Å². The molecule has 124 valence electrons. The summed E-state index contributed by atoms with van der Waals surface area (Å²) >= 11 is 5.65. The van der Waals surface area contributed by atoms with E-state index in [1.54, 1.807) is 0 Å². The Labute approximate surface area is 137 Å². The lowest BCUT2D eigenvalue weighted by molar-refractivity contribution is -0.893. The van der Waals surface area contributed by atoms with Gasteiger partial charge in [-0.3, -0.25) is 0 Å². The first-order valence-electron chi connectivity index (χ1n) is 8.08. The van der Waals surface area contributed by atoms with E-state index < -0.39 is 0 Å². The standard InChI is InChI=1S/C16H35ClNO.ClH/c1-4-5-6-7-8-9-10-11-12-13-18(2,3)15-16(19)14-17;/h16,19H,4-15H2,1-3H3;1H/q+1;/p-1. The van der Waals surface area contributed by atoms with Crippen LogP contribution in [0, 0.1) is 0 Å². The van der Waals surface area contributed by atoms with Gasteiger partial charge >= 0.3 is 0 Å². The van der Waals surface area contributed by atoms with E-state index in [-0.39, 0.29) is 18.5 Å². The highest BCUT2D eigenvalue weighted by Gasteiger charge is 2.19. The molecule has 1 atom stereocenters. The van der Waals surface area contributed by atoms with Gasteiger partial charge in [-0.25, -0.2) is 0 Å². The molecule has 0 saturated carbocycles. The number of rotatable bonds is 13. The molecule has 0 aliphatic rings. The third kappa shape index (κ3) is 14.9. The lowest BCUT2D eigenvalue weighted by Gasteiger charge is -2.31. The molecule has 0 fully saturated rings. The second-order valence-corrected chi connectivity index (χ2v) is 6.79. The maximum Gasteiger partial charge on any atom is 0.116 e. The van der Waals surface area contributed by atoms with Gasteiger partial charge in [0.1, 0.15) is 12.6 Å². The number of halogens is 2. The Hall–Kier alpha value is 0.500. The maximum atomic E-state index is 9.59. The summed E-state index contributed by atoms with van der Waals surface area (Å²) in [5.41, 5.74) is 0. The first-order valence-corrected chi connectivity index (χ1v) is 8.61. The van der Waals surface area contributed by atoms with E-state index in [0.717, 1.165) is 17.6 Å². The molecule has 0 aliphatic carbocycles. The predicted molar refractivity (Wildman–Crippen MR) is 85.8 cm³/mol. The average Bonchev–Trinajstić information content (AvgIpc) is 2.36. The van der Waals surface area contributed by atoms with Gasteiger partial charge < -0.3 is 22.0 Å². The second-order valence-electron chi connectivity index (χ2n) is 6.48. The zero-order valence-electron chi connectivity index (χ0n) is 13.7. The summed E-state index contributed by atoms with van der Waals surface area (Å²) in [6.45, 7) is 4.17. The van der Waals surface area contributed by atoms with E-state index in [1.807, 2.05) is 0 Å². The van der Waals surface area contributed by atoms with Gasteiger partial charge in [-0.15, -0.1) is 11.6 Å². The Morgan fingerprint density at radius 1 is 0.900 bits per heavy atom. The topological polar surface area (TPSA) is 20.2 Å². The van der Waals surface area contributed by atoms with E-state index in [0.29, 0.717) is 5.88 Å². The number of aliphatic hydroxyl groups is 1. The largest absolute Gasteiger partial charge is 1.00 e. The molecule has 0 aliphatic heterocycles. The van der Waals surface area contributed by atoms with Crippen molar-refractivity contribution < 1.29 is 22.0 Å². The summed E-state index contributed by atoms with van der Waals surface area (Å²) in [7, 11) is 4.36. The van der Waals surface area contributed by atoms with Crippen molar-refractivity contribution in [3.8, 4) is 0 Å². The molecule has 20 heavy (non-hydrogen) atoms. The third-order valence-corrected chi connectivity index (χ3v) is 4.11. The Morgan fingerprint density at radius 2 is 1.35 bits per heavy atom. The Balaban J connectivity index is 0. The van der Waals surface area contributed by atoms with Gasteiger partial charge in [0.15, 0.2) is 0 Å². The molecule has 0 amide bonds. The number of unbranched alkanes of at least 4 members (excludes halogenated alkanes) is 8. The lowest BCUT2D eigenvalue weighted by atomic mass is 10.1. The molecule has 0 aromatic rings. The summed E-state index contributed by atoms with van der Waals surface area (Å²) in [4.78, 5) is 0. The fourth-order valence-corrected chi connectivity index (χ4v) is 2.66. The summed E-state index contributed by atoms with van der Waals surface area (Å²) in [5.74, 6) is 0.347. The van der Waals surface area contributed by atoms with Crippen LogP contribution in [-0.2, 0) is 0 Å². The van der Waals surface area contributed by atoms with Crippen LogP contribution in [0.2, 0.25) is 0 Å². The summed E-state index contributed by atoms with van der Waals surface area (Å²) < 4.78 is 0.879. The van der Waals surface area contributed by atoms with Gasteiger partial charge in [0.25, 0.3) is 0 Å². The molecule has 0 aromatic heterocycles. The Bertz CT molecular complexity index is 201. The van der Waals surface area contributed by atoms with Crippen molar-refractivity contribution in [2.75, 3.05) is 33.1 Å². The monoisotopic (exact) mass is 327 g/mol. The fraction of sp³-hybridized carbons (Fsp3) is 1.00. The predicted octanol–water partition coefficient (Wildman–Crippen LogP) is 1.20. The van der Waals surface area contributed by atoms with Gasteiger partial charge in [-0.05, 0) is 12.8 Å². The minimum atomic E-state index is -0.366. The van der Waals surface area contributed by atoms with Crippen LogP contribution in [0.5, 0.6) is 0 Å². The highest BCUT2D eigenvalue weighted by Crippen LogP contribution is 2.11. The Morgan fingerprint density at radius 3 is 1.80 bits per heavy atom. The molecule has 0 rings (SSSR count). The highest BCUT2D eigenvalue weighted by atomic mass is 35.5. The van der Waals surface area contributed by atoms with Crippen molar-refractivity contribution in [1.82, 2.24) is 0 Å². The smallest absolute Gasteiger partial charge is 0.116 e. The molecule has 0 saturated heterocycles. The average molecular weight is 328 g/mol. The minimum absolute atomic E-state index is 0. The quantitative estimate of drug-likeness (QED) is 0.306. The first-order chi connectivity index (χ1) is 9.02. The molecule has 1 unspecified atom stereocenters. The van der Waals surface area contributed by atoms with Gasteiger partial charge in [0, 0.05) is 0 Å². The zero-order valence-corrected chi connectivity index (χ0v) is 15.2. The molecule has 4 heteroatoms. The van der Waals surface area contributed by atoms with Crippen LogP contribution < -0.4 is 12.4 Å². The highest BCUT2D eigenvalue weighted by molar-refractivity contribution is 6.18. The fourth-order valence-electron chi connectivity index (χ4n) is 2.56. The number of hydrogen-bond donors (Lipinski definition) is 1. The van der Waals surface area contributed by atoms with Crippen LogP contribution in [-0.4, -0.2) is 48.8 Å². The van der Waals surface area contributed by atoms with Crippen molar-refractivity contribution in [3.63, 3.8) is 0 Å². The van der Waals surface area contributed by atoms with Crippen LogP contribution in [0.4, 0.5) is 0 Å². The van der Waals surface area contributed by atoms with Gasteiger partial charge in [-0.1, -0.05) is 51.9 Å². The number of hydrogen-bond acceptors (Lipinski definition) is 1. The molecule has 2 nitrogen and oxygen atoms in total. The van der Waals surface area contributed by atoms with Crippen molar-refractivity contribution >= 4 is 11.6 Å². The van der Waals surface area contributed by atoms with E-state index >= 15 is 0 Å². The van der Waals surface area contributed by atoms with Crippen LogP contribution in [0.3, 0.4) is 0 Å². The number of nitrogens with zero attached hydrogens (tertiary/aromatic N) is 1. The molecule has 0 aromatic carbocycles. The number of likely N-dealkylation sites (N-methyl/N-ethyl adjacent to an activating group) is 1. The molecule has 0 spiro atoms. The number of quaternary nitrogens is 1. The van der Waals surface area contributed by atoms with E-state index in [4.69, 9.17) is 11.6 Å². The molecule has 0 radical (unpaired) electrons. The van der Waals surface area contributed by atoms with Gasteiger partial charge in [0.2, 0.25) is 0 Å². The molecule has 0 heterocycles. The molecule has 0 bridgehead atoms. The summed E-state index contributed by atoms with van der Waals surface area (Å²) in [6, 6.07) is 0. The van der Waals surface area contributed by atoms with Crippen molar-refractivity contribution in [1.29, 1.82) is 0 Å². The molecule has 1 N–H and O–H groups in total. The second kappa shape index (κ2) is 14.4. The third-order valence-electron chi connectivity index (χ3n) is 3.75. The van der Waals surface area contributed by atoms with Crippen LogP contribution in [0.15, 0.2) is 0 Å². The van der Waals surface area contributed by atoms with Crippen molar-refractivity contribution in [3.05, 3.63) is 0 Å². The molecular weight excluding hydrogens is 293 g/mol. The maximum absolute atomic E-state index is 9.59. The zero-order chi connectivity index (χ0) is 14.6. The minimum Gasteiger partial charge on any atom is -1.00 e.